The van der Waals surface area contributed by atoms with E-state index in [4.69, 9.17) is 9.47 Å². The molecule has 140 valence electrons. The fourth-order valence-corrected chi connectivity index (χ4v) is 4.43. The second-order valence-electron chi connectivity index (χ2n) is 5.87. The van der Waals surface area contributed by atoms with E-state index < -0.39 is 15.9 Å². The number of nitrogens with one attached hydrogen (secondary N) is 2. The molecule has 0 fully saturated rings. The summed E-state index contributed by atoms with van der Waals surface area (Å²) in [6.45, 7) is 0.967. The van der Waals surface area contributed by atoms with E-state index in [0.717, 1.165) is 17.6 Å². The normalized spacial score (nSPS) is 13.4. The quantitative estimate of drug-likeness (QED) is 0.693. The lowest BCUT2D eigenvalue weighted by atomic mass is 10.2. The predicted molar refractivity (Wildman–Crippen MR) is 103 cm³/mol. The van der Waals surface area contributed by atoms with Crippen molar-refractivity contribution >= 4 is 48.8 Å². The standard InChI is InChI=1S/C17H15N3O5S2/c1-27(22,23)17-20-12-4-2-11(9-15(12)26-17)19-16(21)18-10-3-5-13-14(8-10)25-7-6-24-13/h2-5,8-9H,6-7H2,1H3,(H2,18,19,21). The van der Waals surface area contributed by atoms with Crippen LogP contribution in [0.1, 0.15) is 0 Å². The third-order valence-corrected chi connectivity index (χ3v) is 6.44. The zero-order valence-electron chi connectivity index (χ0n) is 14.2. The molecule has 0 saturated heterocycles. The van der Waals surface area contributed by atoms with Crippen molar-refractivity contribution in [2.45, 2.75) is 4.34 Å². The summed E-state index contributed by atoms with van der Waals surface area (Å²) in [4.78, 5) is 16.3. The van der Waals surface area contributed by atoms with Crippen molar-refractivity contribution in [2.75, 3.05) is 30.1 Å². The molecule has 0 radical (unpaired) electrons. The highest BCUT2D eigenvalue weighted by atomic mass is 32.2. The molecule has 0 atom stereocenters. The third kappa shape index (κ3) is 3.81. The maximum Gasteiger partial charge on any atom is 0.323 e. The van der Waals surface area contributed by atoms with Crippen molar-refractivity contribution in [3.63, 3.8) is 0 Å². The monoisotopic (exact) mass is 405 g/mol. The molecule has 2 amide bonds. The maximum atomic E-state index is 12.2. The van der Waals surface area contributed by atoms with Crippen molar-refractivity contribution in [2.24, 2.45) is 0 Å². The number of rotatable bonds is 3. The summed E-state index contributed by atoms with van der Waals surface area (Å²) in [5.41, 5.74) is 1.66. The molecule has 2 N–H and O–H groups in total. The van der Waals surface area contributed by atoms with Crippen LogP contribution in [0.2, 0.25) is 0 Å². The van der Waals surface area contributed by atoms with Crippen LogP contribution in [-0.2, 0) is 9.84 Å². The van der Waals surface area contributed by atoms with Gasteiger partial charge in [-0.25, -0.2) is 18.2 Å². The van der Waals surface area contributed by atoms with Gasteiger partial charge >= 0.3 is 6.03 Å². The van der Waals surface area contributed by atoms with Crippen LogP contribution in [-0.4, -0.2) is 38.9 Å². The zero-order valence-corrected chi connectivity index (χ0v) is 15.8. The first-order chi connectivity index (χ1) is 12.9. The molecule has 2 heterocycles. The molecule has 0 unspecified atom stereocenters. The van der Waals surface area contributed by atoms with Crippen molar-refractivity contribution in [3.05, 3.63) is 36.4 Å². The van der Waals surface area contributed by atoms with Gasteiger partial charge in [-0.1, -0.05) is 0 Å². The smallest absolute Gasteiger partial charge is 0.323 e. The molecule has 8 nitrogen and oxygen atoms in total. The number of carbonyl (C=O) groups excluding carboxylic acids is 1. The van der Waals surface area contributed by atoms with Crippen molar-refractivity contribution in [1.29, 1.82) is 0 Å². The molecular weight excluding hydrogens is 390 g/mol. The van der Waals surface area contributed by atoms with E-state index in [1.165, 1.54) is 0 Å². The van der Waals surface area contributed by atoms with Crippen molar-refractivity contribution in [3.8, 4) is 11.5 Å². The number of carbonyl (C=O) groups is 1. The topological polar surface area (TPSA) is 107 Å². The van der Waals surface area contributed by atoms with Gasteiger partial charge in [-0.15, -0.1) is 11.3 Å². The number of sulfone groups is 1. The molecule has 1 aromatic heterocycles. The number of hydrogen-bond acceptors (Lipinski definition) is 7. The fraction of sp³-hybridized carbons (Fsp3) is 0.176. The van der Waals surface area contributed by atoms with Gasteiger partial charge in [-0.3, -0.25) is 0 Å². The minimum Gasteiger partial charge on any atom is -0.486 e. The lowest BCUT2D eigenvalue weighted by molar-refractivity contribution is 0.171. The van der Waals surface area contributed by atoms with Crippen LogP contribution in [0.25, 0.3) is 10.2 Å². The van der Waals surface area contributed by atoms with E-state index in [-0.39, 0.29) is 4.34 Å². The van der Waals surface area contributed by atoms with Crippen LogP contribution < -0.4 is 20.1 Å². The van der Waals surface area contributed by atoms with E-state index in [0.29, 0.717) is 46.3 Å². The average Bonchev–Trinajstić information content (AvgIpc) is 3.05. The number of fused-ring (bicyclic) bond motifs is 2. The number of thiazole rings is 1. The Labute approximate surface area is 159 Å². The van der Waals surface area contributed by atoms with Gasteiger partial charge < -0.3 is 20.1 Å². The second kappa shape index (κ2) is 6.71. The molecule has 0 spiro atoms. The maximum absolute atomic E-state index is 12.2. The van der Waals surface area contributed by atoms with Crippen LogP contribution in [0.3, 0.4) is 0 Å². The largest absolute Gasteiger partial charge is 0.486 e. The molecule has 10 heteroatoms. The molecule has 27 heavy (non-hydrogen) atoms. The Morgan fingerprint density at radius 1 is 1.04 bits per heavy atom. The van der Waals surface area contributed by atoms with Gasteiger partial charge in [0, 0.05) is 23.7 Å². The summed E-state index contributed by atoms with van der Waals surface area (Å²) in [7, 11) is -3.36. The Bertz CT molecular complexity index is 1140. The minimum absolute atomic E-state index is 0.0513. The average molecular weight is 405 g/mol. The number of benzene rings is 2. The highest BCUT2D eigenvalue weighted by molar-refractivity contribution is 7.92. The Morgan fingerprint density at radius 3 is 2.44 bits per heavy atom. The molecule has 2 aromatic carbocycles. The number of aromatic nitrogens is 1. The summed E-state index contributed by atoms with van der Waals surface area (Å²) in [5, 5.41) is 5.44. The van der Waals surface area contributed by atoms with E-state index in [1.54, 1.807) is 36.4 Å². The Balaban J connectivity index is 1.49. The van der Waals surface area contributed by atoms with E-state index in [2.05, 4.69) is 15.6 Å². The van der Waals surface area contributed by atoms with Crippen molar-refractivity contribution in [1.82, 2.24) is 4.98 Å². The van der Waals surface area contributed by atoms with Crippen LogP contribution >= 0.6 is 11.3 Å². The molecular formula is C17H15N3O5S2. The lowest BCUT2D eigenvalue weighted by Gasteiger charge is -2.19. The summed E-state index contributed by atoms with van der Waals surface area (Å²) in [6.07, 6.45) is 1.12. The molecule has 3 aromatic rings. The van der Waals surface area contributed by atoms with Crippen molar-refractivity contribution < 1.29 is 22.7 Å². The summed E-state index contributed by atoms with van der Waals surface area (Å²) < 4.78 is 34.9. The molecule has 1 aliphatic heterocycles. The molecule has 1 aliphatic rings. The van der Waals surface area contributed by atoms with Gasteiger partial charge in [0.1, 0.15) is 13.2 Å². The van der Waals surface area contributed by atoms with Gasteiger partial charge in [0.15, 0.2) is 11.5 Å². The highest BCUT2D eigenvalue weighted by Gasteiger charge is 2.15. The Morgan fingerprint density at radius 2 is 1.70 bits per heavy atom. The van der Waals surface area contributed by atoms with Crippen LogP contribution in [0.15, 0.2) is 40.7 Å². The summed E-state index contributed by atoms with van der Waals surface area (Å²) in [6, 6.07) is 9.73. The van der Waals surface area contributed by atoms with E-state index >= 15 is 0 Å². The molecule has 0 saturated carbocycles. The highest BCUT2D eigenvalue weighted by Crippen LogP contribution is 2.33. The summed E-state index contributed by atoms with van der Waals surface area (Å²) >= 11 is 1.06. The number of ether oxygens (including phenoxy) is 2. The lowest BCUT2D eigenvalue weighted by Crippen LogP contribution is -2.20. The van der Waals surface area contributed by atoms with Gasteiger partial charge in [0.2, 0.25) is 14.2 Å². The van der Waals surface area contributed by atoms with Gasteiger partial charge in [0.05, 0.1) is 10.2 Å². The first-order valence-electron chi connectivity index (χ1n) is 7.97. The third-order valence-electron chi connectivity index (χ3n) is 3.74. The second-order valence-corrected chi connectivity index (χ2v) is 9.09. The molecule has 4 rings (SSSR count). The first-order valence-corrected chi connectivity index (χ1v) is 10.7. The van der Waals surface area contributed by atoms with E-state index in [9.17, 15) is 13.2 Å². The van der Waals surface area contributed by atoms with E-state index in [1.807, 2.05) is 0 Å². The van der Waals surface area contributed by atoms with Gasteiger partial charge in [-0.05, 0) is 30.3 Å². The number of anilines is 2. The minimum atomic E-state index is -3.36. The Hall–Kier alpha value is -2.85. The SMILES string of the molecule is CS(=O)(=O)c1nc2ccc(NC(=O)Nc3ccc4c(c3)OCCO4)cc2s1. The Kier molecular flexibility index (Phi) is 4.36. The van der Waals surface area contributed by atoms with Crippen LogP contribution in [0.5, 0.6) is 11.5 Å². The zero-order chi connectivity index (χ0) is 19.0. The summed E-state index contributed by atoms with van der Waals surface area (Å²) in [5.74, 6) is 1.22. The fourth-order valence-electron chi connectivity index (χ4n) is 2.55. The number of nitrogens with zero attached hydrogens (tertiary/aromatic N) is 1. The molecule has 0 aliphatic carbocycles. The van der Waals surface area contributed by atoms with Crippen LogP contribution in [0, 0.1) is 0 Å². The van der Waals surface area contributed by atoms with Gasteiger partial charge in [-0.2, -0.15) is 0 Å². The van der Waals surface area contributed by atoms with Crippen LogP contribution in [0.4, 0.5) is 16.2 Å². The first kappa shape index (κ1) is 17.6. The molecule has 0 bridgehead atoms. The number of hydrogen-bond donors (Lipinski definition) is 2. The number of amides is 2. The number of urea groups is 1. The predicted octanol–water partition coefficient (Wildman–Crippen LogP) is 3.12. The van der Waals surface area contributed by atoms with Gasteiger partial charge in [0.25, 0.3) is 0 Å².